The van der Waals surface area contributed by atoms with Gasteiger partial charge in [0.25, 0.3) is 0 Å². The van der Waals surface area contributed by atoms with Crippen LogP contribution in [0.4, 0.5) is 5.69 Å². The van der Waals surface area contributed by atoms with E-state index in [1.54, 1.807) is 0 Å². The first-order chi connectivity index (χ1) is 8.85. The molecule has 1 saturated carbocycles. The molecule has 1 aliphatic rings. The maximum Gasteiger partial charge on any atom is 0.237 e. The predicted molar refractivity (Wildman–Crippen MR) is 85.1 cm³/mol. The van der Waals surface area contributed by atoms with E-state index in [0.29, 0.717) is 10.9 Å². The Kier molecular flexibility index (Phi) is 3.97. The van der Waals surface area contributed by atoms with Gasteiger partial charge in [0.1, 0.15) is 0 Å². The molecule has 0 radical (unpaired) electrons. The number of amides is 1. The molecule has 5 heteroatoms. The predicted octanol–water partition coefficient (Wildman–Crippen LogP) is 3.40. The first-order valence-corrected chi connectivity index (χ1v) is 7.43. The number of hydrogen-bond acceptors (Lipinski definition) is 2. The zero-order chi connectivity index (χ0) is 14.2. The van der Waals surface area contributed by atoms with E-state index >= 15 is 0 Å². The summed E-state index contributed by atoms with van der Waals surface area (Å²) in [5.41, 5.74) is 6.96. The fourth-order valence-electron chi connectivity index (χ4n) is 2.61. The van der Waals surface area contributed by atoms with Gasteiger partial charge in [0, 0.05) is 4.47 Å². The van der Waals surface area contributed by atoms with Crippen molar-refractivity contribution in [3.8, 4) is 0 Å². The molecule has 3 nitrogen and oxygen atoms in total. The van der Waals surface area contributed by atoms with Crippen LogP contribution in [0.3, 0.4) is 0 Å². The van der Waals surface area contributed by atoms with Crippen molar-refractivity contribution in [2.75, 3.05) is 5.32 Å². The van der Waals surface area contributed by atoms with Gasteiger partial charge in [0.05, 0.1) is 16.1 Å². The van der Waals surface area contributed by atoms with E-state index in [-0.39, 0.29) is 5.91 Å². The molecule has 1 amide bonds. The number of benzene rings is 1. The number of hydrogen-bond donors (Lipinski definition) is 2. The lowest BCUT2D eigenvalue weighted by Gasteiger charge is -2.44. The van der Waals surface area contributed by atoms with Gasteiger partial charge in [-0.25, -0.2) is 0 Å². The minimum atomic E-state index is -0.669. The first kappa shape index (κ1) is 14.5. The molecule has 0 heterocycles. The quantitative estimate of drug-likeness (QED) is 0.829. The number of carbonyl (C=O) groups excluding carboxylic acids is 1. The molecule has 3 N–H and O–H groups in total. The second-order valence-corrected chi connectivity index (χ2v) is 6.69. The second-order valence-electron chi connectivity index (χ2n) is 5.40. The van der Waals surface area contributed by atoms with Crippen molar-refractivity contribution in [1.29, 1.82) is 0 Å². The van der Waals surface area contributed by atoms with Crippen LogP contribution in [0.15, 0.2) is 22.7 Å². The lowest BCUT2D eigenvalue weighted by Crippen LogP contribution is -2.53. The minimum Gasteiger partial charge on any atom is -0.392 e. The lowest BCUT2D eigenvalue weighted by atomic mass is 9.62. The van der Waals surface area contributed by atoms with Crippen LogP contribution in [0.2, 0.25) is 0 Å². The number of thiocarbonyl (C=S) groups is 1. The summed E-state index contributed by atoms with van der Waals surface area (Å²) in [6, 6.07) is 5.83. The molecule has 19 heavy (non-hydrogen) atoms. The summed E-state index contributed by atoms with van der Waals surface area (Å²) in [7, 11) is 0. The van der Waals surface area contributed by atoms with Gasteiger partial charge < -0.3 is 11.1 Å². The largest absolute Gasteiger partial charge is 0.392 e. The molecule has 1 fully saturated rings. The summed E-state index contributed by atoms with van der Waals surface area (Å²) in [5.74, 6) is 0.401. The van der Waals surface area contributed by atoms with E-state index in [9.17, 15) is 4.79 Å². The van der Waals surface area contributed by atoms with E-state index < -0.39 is 5.41 Å². The Morgan fingerprint density at radius 1 is 1.53 bits per heavy atom. The van der Waals surface area contributed by atoms with Crippen molar-refractivity contribution >= 4 is 44.7 Å². The zero-order valence-corrected chi connectivity index (χ0v) is 13.4. The lowest BCUT2D eigenvalue weighted by molar-refractivity contribution is -0.127. The molecule has 0 saturated heterocycles. The molecule has 2 rings (SSSR count). The summed E-state index contributed by atoms with van der Waals surface area (Å²) in [6.45, 7) is 4.09. The standard InChI is InChI=1S/C14H17BrN2OS/c1-8-3-4-10(15)11(5-8)17-13(18)14(12(16)19)6-9(2)7-14/h3-5,9H,6-7H2,1-2H3,(H2,16,19)(H,17,18). The molecule has 0 bridgehead atoms. The third kappa shape index (κ3) is 2.67. The maximum atomic E-state index is 12.5. The molecule has 1 aliphatic carbocycles. The molecule has 1 aromatic rings. The Labute approximate surface area is 127 Å². The highest BCUT2D eigenvalue weighted by Crippen LogP contribution is 2.46. The highest BCUT2D eigenvalue weighted by atomic mass is 79.9. The molecule has 0 spiro atoms. The van der Waals surface area contributed by atoms with Crippen molar-refractivity contribution in [2.45, 2.75) is 26.7 Å². The molecule has 1 aromatic carbocycles. The van der Waals surface area contributed by atoms with Crippen LogP contribution in [-0.2, 0) is 4.79 Å². The average Bonchev–Trinajstić information content (AvgIpc) is 2.28. The van der Waals surface area contributed by atoms with Gasteiger partial charge in [-0.15, -0.1) is 0 Å². The molecule has 0 atom stereocenters. The summed E-state index contributed by atoms with van der Waals surface area (Å²) in [5, 5.41) is 2.94. The Hall–Kier alpha value is -0.940. The third-order valence-corrected chi connectivity index (χ3v) is 4.75. The molecular formula is C14H17BrN2OS. The van der Waals surface area contributed by atoms with Gasteiger partial charge in [-0.3, -0.25) is 4.79 Å². The van der Waals surface area contributed by atoms with Crippen LogP contribution < -0.4 is 11.1 Å². The highest BCUT2D eigenvalue weighted by molar-refractivity contribution is 9.10. The molecule has 0 unspecified atom stereocenters. The van der Waals surface area contributed by atoms with Gasteiger partial charge in [-0.1, -0.05) is 25.2 Å². The first-order valence-electron chi connectivity index (χ1n) is 6.22. The van der Waals surface area contributed by atoms with Crippen LogP contribution in [0.1, 0.15) is 25.3 Å². The number of halogens is 1. The van der Waals surface area contributed by atoms with Crippen LogP contribution in [0.25, 0.3) is 0 Å². The van der Waals surface area contributed by atoms with Crippen LogP contribution >= 0.6 is 28.1 Å². The Bertz CT molecular complexity index is 538. The normalized spacial score (nSPS) is 25.5. The van der Waals surface area contributed by atoms with Gasteiger partial charge in [-0.05, 0) is 59.3 Å². The Morgan fingerprint density at radius 3 is 2.68 bits per heavy atom. The molecule has 0 aliphatic heterocycles. The van der Waals surface area contributed by atoms with Crippen molar-refractivity contribution in [2.24, 2.45) is 17.1 Å². The summed E-state index contributed by atoms with van der Waals surface area (Å²) < 4.78 is 0.858. The molecule has 0 aromatic heterocycles. The summed E-state index contributed by atoms with van der Waals surface area (Å²) >= 11 is 8.53. The van der Waals surface area contributed by atoms with Gasteiger partial charge >= 0.3 is 0 Å². The number of nitrogens with one attached hydrogen (secondary N) is 1. The number of rotatable bonds is 3. The summed E-state index contributed by atoms with van der Waals surface area (Å²) in [4.78, 5) is 12.8. The van der Waals surface area contributed by atoms with E-state index in [1.807, 2.05) is 25.1 Å². The van der Waals surface area contributed by atoms with E-state index in [2.05, 4.69) is 28.2 Å². The topological polar surface area (TPSA) is 55.1 Å². The van der Waals surface area contributed by atoms with Crippen molar-refractivity contribution in [3.05, 3.63) is 28.2 Å². The molecule has 102 valence electrons. The highest BCUT2D eigenvalue weighted by Gasteiger charge is 2.50. The van der Waals surface area contributed by atoms with Gasteiger partial charge in [-0.2, -0.15) is 0 Å². The SMILES string of the molecule is Cc1ccc(Br)c(NC(=O)C2(C(N)=S)CC(C)C2)c1. The number of nitrogens with two attached hydrogens (primary N) is 1. The third-order valence-electron chi connectivity index (χ3n) is 3.67. The maximum absolute atomic E-state index is 12.5. The van der Waals surface area contributed by atoms with Gasteiger partial charge in [0.15, 0.2) is 0 Å². The fourth-order valence-corrected chi connectivity index (χ4v) is 3.21. The van der Waals surface area contributed by atoms with Crippen LogP contribution in [0, 0.1) is 18.3 Å². The van der Waals surface area contributed by atoms with Crippen LogP contribution in [-0.4, -0.2) is 10.9 Å². The molecular weight excluding hydrogens is 324 g/mol. The van der Waals surface area contributed by atoms with E-state index in [1.165, 1.54) is 0 Å². The minimum absolute atomic E-state index is 0.0931. The van der Waals surface area contributed by atoms with Crippen LogP contribution in [0.5, 0.6) is 0 Å². The zero-order valence-electron chi connectivity index (χ0n) is 11.0. The number of aryl methyl sites for hydroxylation is 1. The van der Waals surface area contributed by atoms with Gasteiger partial charge in [0.2, 0.25) is 5.91 Å². The van der Waals surface area contributed by atoms with E-state index in [0.717, 1.165) is 28.6 Å². The van der Waals surface area contributed by atoms with Crippen molar-refractivity contribution in [3.63, 3.8) is 0 Å². The average molecular weight is 341 g/mol. The monoisotopic (exact) mass is 340 g/mol. The fraction of sp³-hybridized carbons (Fsp3) is 0.429. The summed E-state index contributed by atoms with van der Waals surface area (Å²) in [6.07, 6.45) is 1.47. The smallest absolute Gasteiger partial charge is 0.237 e. The number of anilines is 1. The second kappa shape index (κ2) is 5.21. The van der Waals surface area contributed by atoms with Crippen molar-refractivity contribution < 1.29 is 4.79 Å². The Balaban J connectivity index is 2.21. The number of carbonyl (C=O) groups is 1. The van der Waals surface area contributed by atoms with E-state index in [4.69, 9.17) is 18.0 Å². The van der Waals surface area contributed by atoms with Crippen molar-refractivity contribution in [1.82, 2.24) is 0 Å². The Morgan fingerprint density at radius 2 is 2.16 bits per heavy atom.